The number of rotatable bonds is 15. The van der Waals surface area contributed by atoms with E-state index in [1.807, 2.05) is 0 Å². The third-order valence-electron chi connectivity index (χ3n) is 6.06. The molecule has 1 rings (SSSR count). The fourth-order valence-corrected chi connectivity index (χ4v) is 3.76. The van der Waals surface area contributed by atoms with E-state index < -0.39 is 0 Å². The summed E-state index contributed by atoms with van der Waals surface area (Å²) in [5, 5.41) is 0. The zero-order valence-corrected chi connectivity index (χ0v) is 17.7. The van der Waals surface area contributed by atoms with Crippen molar-refractivity contribution in [1.29, 1.82) is 0 Å². The number of hydrogen-bond acceptors (Lipinski definition) is 1. The lowest BCUT2D eigenvalue weighted by molar-refractivity contribution is -0.435. The molecule has 0 spiro atoms. The summed E-state index contributed by atoms with van der Waals surface area (Å²) in [5.41, 5.74) is 4.42. The van der Waals surface area contributed by atoms with E-state index in [4.69, 9.17) is 4.74 Å². The van der Waals surface area contributed by atoms with Crippen LogP contribution in [0.4, 0.5) is 0 Å². The van der Waals surface area contributed by atoms with E-state index in [9.17, 15) is 0 Å². The van der Waals surface area contributed by atoms with E-state index in [1.54, 1.807) is 0 Å². The van der Waals surface area contributed by atoms with E-state index in [0.717, 1.165) is 0 Å². The Labute approximate surface area is 158 Å². The molecule has 0 aromatic carbocycles. The van der Waals surface area contributed by atoms with Crippen LogP contribution in [0.3, 0.4) is 0 Å². The Morgan fingerprint density at radius 3 is 1.38 bits per heavy atom. The number of quaternary nitrogens is 1. The van der Waals surface area contributed by atoms with Crippen LogP contribution in [0.2, 0.25) is 0 Å². The first-order chi connectivity index (χ1) is 10.9. The standard InChI is InChI=1S/C21H43NO.ClH/c1-5-6-7-8-9-10-11-12-13-14-15-16-17-18-19(22)21(4)20(2,3)23-21;/h19H,5-18,22H2,1-4H3;1H. The Hall–Kier alpha value is 0.210. The van der Waals surface area contributed by atoms with Crippen molar-refractivity contribution < 1.29 is 22.9 Å². The Balaban J connectivity index is 0.00000529. The van der Waals surface area contributed by atoms with E-state index in [0.29, 0.717) is 6.04 Å². The van der Waals surface area contributed by atoms with Crippen LogP contribution in [-0.4, -0.2) is 17.2 Å². The first-order valence-corrected chi connectivity index (χ1v) is 10.5. The molecule has 3 heteroatoms. The van der Waals surface area contributed by atoms with Gasteiger partial charge >= 0.3 is 0 Å². The molecule has 0 aromatic rings. The van der Waals surface area contributed by atoms with Crippen molar-refractivity contribution >= 4 is 0 Å². The molecule has 24 heavy (non-hydrogen) atoms. The predicted molar refractivity (Wildman–Crippen MR) is 101 cm³/mol. The average molecular weight is 362 g/mol. The van der Waals surface area contributed by atoms with Crippen LogP contribution in [0.1, 0.15) is 118 Å². The highest BCUT2D eigenvalue weighted by molar-refractivity contribution is 5.11. The molecule has 0 saturated carbocycles. The van der Waals surface area contributed by atoms with Gasteiger partial charge in [0.05, 0.1) is 5.60 Å². The summed E-state index contributed by atoms with van der Waals surface area (Å²) in [6.07, 6.45) is 19.7. The summed E-state index contributed by atoms with van der Waals surface area (Å²) in [4.78, 5) is 0. The van der Waals surface area contributed by atoms with Gasteiger partial charge in [0.25, 0.3) is 0 Å². The van der Waals surface area contributed by atoms with Crippen molar-refractivity contribution in [3.8, 4) is 0 Å². The molecule has 2 atom stereocenters. The van der Waals surface area contributed by atoms with E-state index in [1.165, 1.54) is 89.9 Å². The molecule has 2 nitrogen and oxygen atoms in total. The minimum atomic E-state index is 0. The molecular weight excluding hydrogens is 318 g/mol. The van der Waals surface area contributed by atoms with Crippen LogP contribution < -0.4 is 18.1 Å². The molecule has 0 aliphatic carbocycles. The fraction of sp³-hybridized carbons (Fsp3) is 1.00. The minimum Gasteiger partial charge on any atom is -1.00 e. The molecule has 1 saturated heterocycles. The van der Waals surface area contributed by atoms with E-state index >= 15 is 0 Å². The van der Waals surface area contributed by atoms with Crippen LogP contribution >= 0.6 is 0 Å². The number of ether oxygens (including phenoxy) is 1. The monoisotopic (exact) mass is 361 g/mol. The van der Waals surface area contributed by atoms with Gasteiger partial charge in [-0.3, -0.25) is 0 Å². The van der Waals surface area contributed by atoms with Crippen molar-refractivity contribution in [2.24, 2.45) is 0 Å². The van der Waals surface area contributed by atoms with Crippen molar-refractivity contribution in [3.63, 3.8) is 0 Å². The second-order valence-electron chi connectivity index (χ2n) is 8.45. The lowest BCUT2D eigenvalue weighted by Gasteiger charge is -2.15. The predicted octanol–water partition coefficient (Wildman–Crippen LogP) is 2.65. The quantitative estimate of drug-likeness (QED) is 0.353. The van der Waals surface area contributed by atoms with Gasteiger partial charge in [-0.1, -0.05) is 84.0 Å². The van der Waals surface area contributed by atoms with Gasteiger partial charge in [0.1, 0.15) is 11.6 Å². The molecule has 3 N–H and O–H groups in total. The number of unbranched alkanes of at least 4 members (excludes halogenated alkanes) is 12. The van der Waals surface area contributed by atoms with Gasteiger partial charge in [-0.15, -0.1) is 0 Å². The minimum absolute atomic E-state index is 0. The van der Waals surface area contributed by atoms with Crippen molar-refractivity contribution in [3.05, 3.63) is 0 Å². The van der Waals surface area contributed by atoms with Crippen molar-refractivity contribution in [2.75, 3.05) is 0 Å². The molecular formula is C21H44ClNO. The van der Waals surface area contributed by atoms with Gasteiger partial charge < -0.3 is 22.9 Å². The smallest absolute Gasteiger partial charge is 0.146 e. The SMILES string of the molecule is CCCCCCCCCCCCCCCC([NH3+])C1(C)OC1(C)C.[Cl-]. The van der Waals surface area contributed by atoms with Crippen LogP contribution in [0.5, 0.6) is 0 Å². The van der Waals surface area contributed by atoms with Crippen LogP contribution in [0.15, 0.2) is 0 Å². The zero-order valence-electron chi connectivity index (χ0n) is 17.0. The number of hydrogen-bond donors (Lipinski definition) is 1. The summed E-state index contributed by atoms with van der Waals surface area (Å²) in [6.45, 7) is 8.90. The number of epoxide rings is 1. The third-order valence-corrected chi connectivity index (χ3v) is 6.06. The zero-order chi connectivity index (χ0) is 17.2. The lowest BCUT2D eigenvalue weighted by Crippen LogP contribution is -3.00. The maximum atomic E-state index is 5.86. The molecule has 1 heterocycles. The lowest BCUT2D eigenvalue weighted by atomic mass is 9.88. The Kier molecular flexibility index (Phi) is 12.7. The molecule has 1 aliphatic heterocycles. The Morgan fingerprint density at radius 2 is 1.04 bits per heavy atom. The Morgan fingerprint density at radius 1 is 0.708 bits per heavy atom. The largest absolute Gasteiger partial charge is 1.00 e. The molecule has 146 valence electrons. The van der Waals surface area contributed by atoms with Crippen LogP contribution in [0, 0.1) is 0 Å². The van der Waals surface area contributed by atoms with Gasteiger partial charge in [-0.05, 0) is 27.2 Å². The van der Waals surface area contributed by atoms with Crippen molar-refractivity contribution in [1.82, 2.24) is 0 Å². The third kappa shape index (κ3) is 8.54. The van der Waals surface area contributed by atoms with Crippen LogP contribution in [-0.2, 0) is 4.74 Å². The molecule has 0 aromatic heterocycles. The highest BCUT2D eigenvalue weighted by atomic mass is 35.5. The number of halogens is 1. The van der Waals surface area contributed by atoms with Gasteiger partial charge in [-0.2, -0.15) is 0 Å². The van der Waals surface area contributed by atoms with Gasteiger partial charge in [0.15, 0.2) is 0 Å². The summed E-state index contributed by atoms with van der Waals surface area (Å²) >= 11 is 0. The maximum Gasteiger partial charge on any atom is 0.146 e. The highest BCUT2D eigenvalue weighted by Crippen LogP contribution is 2.49. The molecule has 1 aliphatic rings. The molecule has 0 amide bonds. The van der Waals surface area contributed by atoms with Crippen LogP contribution in [0.25, 0.3) is 0 Å². The van der Waals surface area contributed by atoms with Gasteiger partial charge in [0, 0.05) is 6.42 Å². The average Bonchev–Trinajstić information content (AvgIpc) is 3.03. The second kappa shape index (κ2) is 12.5. The summed E-state index contributed by atoms with van der Waals surface area (Å²) in [7, 11) is 0. The first kappa shape index (κ1) is 24.2. The molecule has 2 unspecified atom stereocenters. The summed E-state index contributed by atoms with van der Waals surface area (Å²) in [5.74, 6) is 0. The summed E-state index contributed by atoms with van der Waals surface area (Å²) < 4.78 is 5.86. The first-order valence-electron chi connectivity index (χ1n) is 10.5. The fourth-order valence-electron chi connectivity index (χ4n) is 3.76. The van der Waals surface area contributed by atoms with E-state index in [-0.39, 0.29) is 23.6 Å². The van der Waals surface area contributed by atoms with Crippen molar-refractivity contribution in [2.45, 2.75) is 135 Å². The molecule has 1 fully saturated rings. The summed E-state index contributed by atoms with van der Waals surface area (Å²) in [6, 6.07) is 0.449. The van der Waals surface area contributed by atoms with Gasteiger partial charge in [-0.25, -0.2) is 0 Å². The van der Waals surface area contributed by atoms with E-state index in [2.05, 4.69) is 33.4 Å². The second-order valence-corrected chi connectivity index (χ2v) is 8.45. The van der Waals surface area contributed by atoms with Gasteiger partial charge in [0.2, 0.25) is 0 Å². The topological polar surface area (TPSA) is 40.2 Å². The highest BCUT2D eigenvalue weighted by Gasteiger charge is 2.65. The molecule has 0 bridgehead atoms. The normalized spacial score (nSPS) is 22.9. The molecule has 0 radical (unpaired) electrons. The Bertz CT molecular complexity index is 308. The maximum absolute atomic E-state index is 5.86.